The van der Waals surface area contributed by atoms with E-state index in [0.29, 0.717) is 5.82 Å². The smallest absolute Gasteiger partial charge is 0.264 e. The molecule has 1 aliphatic rings. The Morgan fingerprint density at radius 2 is 1.91 bits per heavy atom. The highest BCUT2D eigenvalue weighted by Gasteiger charge is 2.43. The van der Waals surface area contributed by atoms with E-state index in [1.165, 1.54) is 4.31 Å². The first-order valence-electron chi connectivity index (χ1n) is 7.51. The summed E-state index contributed by atoms with van der Waals surface area (Å²) in [5.74, 6) is 0.275. The molecule has 1 aromatic heterocycles. The van der Waals surface area contributed by atoms with Crippen LogP contribution in [-0.2, 0) is 15.7 Å². The number of nitrogens with zero attached hydrogens (tertiary/aromatic N) is 3. The molecule has 3 rings (SSSR count). The molecule has 1 fully saturated rings. The number of rotatable bonds is 4. The van der Waals surface area contributed by atoms with E-state index in [0.717, 1.165) is 5.56 Å². The lowest BCUT2D eigenvalue weighted by Gasteiger charge is -2.33. The molecule has 0 radical (unpaired) electrons. The van der Waals surface area contributed by atoms with Gasteiger partial charge in [-0.1, -0.05) is 35.5 Å². The largest absolute Gasteiger partial charge is 0.335 e. The molecule has 1 aromatic carbocycles. The highest BCUT2D eigenvalue weighted by atomic mass is 32.2. The van der Waals surface area contributed by atoms with Gasteiger partial charge in [-0.25, -0.2) is 17.1 Å². The van der Waals surface area contributed by atoms with Crippen molar-refractivity contribution < 1.29 is 17.3 Å². The zero-order chi connectivity index (χ0) is 16.5. The highest BCUT2D eigenvalue weighted by Crippen LogP contribution is 2.37. The maximum absolute atomic E-state index is 15.1. The number of benzene rings is 1. The van der Waals surface area contributed by atoms with Crippen LogP contribution in [0.25, 0.3) is 11.4 Å². The van der Waals surface area contributed by atoms with Crippen LogP contribution >= 0.6 is 0 Å². The molecule has 124 valence electrons. The lowest BCUT2D eigenvalue weighted by molar-refractivity contribution is 0.0511. The predicted octanol–water partition coefficient (Wildman–Crippen LogP) is 2.35. The van der Waals surface area contributed by atoms with Gasteiger partial charge in [0.25, 0.3) is 5.89 Å². The van der Waals surface area contributed by atoms with Crippen LogP contribution < -0.4 is 0 Å². The molecule has 0 N–H and O–H groups in total. The van der Waals surface area contributed by atoms with Crippen molar-refractivity contribution in [1.82, 2.24) is 14.4 Å². The van der Waals surface area contributed by atoms with Gasteiger partial charge in [0.15, 0.2) is 5.67 Å². The Labute approximate surface area is 134 Å². The summed E-state index contributed by atoms with van der Waals surface area (Å²) in [4.78, 5) is 4.16. The summed E-state index contributed by atoms with van der Waals surface area (Å²) in [7, 11) is -3.29. The molecule has 0 saturated carbocycles. The monoisotopic (exact) mass is 339 g/mol. The van der Waals surface area contributed by atoms with Crippen molar-refractivity contribution in [2.45, 2.75) is 25.4 Å². The molecule has 0 bridgehead atoms. The molecule has 0 aliphatic carbocycles. The minimum absolute atomic E-state index is 0.0165. The number of sulfonamides is 1. The van der Waals surface area contributed by atoms with Crippen LogP contribution in [-0.4, -0.2) is 41.7 Å². The Morgan fingerprint density at radius 3 is 2.52 bits per heavy atom. The first-order chi connectivity index (χ1) is 10.9. The zero-order valence-corrected chi connectivity index (χ0v) is 13.6. The third-order valence-corrected chi connectivity index (χ3v) is 6.00. The summed E-state index contributed by atoms with van der Waals surface area (Å²) in [6.45, 7) is 1.82. The van der Waals surface area contributed by atoms with Gasteiger partial charge in [0.1, 0.15) is 0 Å². The second-order valence-corrected chi connectivity index (χ2v) is 7.81. The molecule has 6 nitrogen and oxygen atoms in total. The van der Waals surface area contributed by atoms with Gasteiger partial charge >= 0.3 is 0 Å². The number of alkyl halides is 1. The van der Waals surface area contributed by atoms with E-state index < -0.39 is 15.7 Å². The molecule has 2 aromatic rings. The molecule has 0 unspecified atom stereocenters. The minimum Gasteiger partial charge on any atom is -0.335 e. The first kappa shape index (κ1) is 16.1. The van der Waals surface area contributed by atoms with E-state index in [2.05, 4.69) is 10.1 Å². The van der Waals surface area contributed by atoms with Crippen molar-refractivity contribution in [3.8, 4) is 11.4 Å². The highest BCUT2D eigenvalue weighted by molar-refractivity contribution is 7.89. The van der Waals surface area contributed by atoms with Crippen LogP contribution in [0.3, 0.4) is 0 Å². The van der Waals surface area contributed by atoms with Gasteiger partial charge in [-0.05, 0) is 6.92 Å². The van der Waals surface area contributed by atoms with Crippen molar-refractivity contribution in [3.05, 3.63) is 36.2 Å². The number of halogens is 1. The number of hydrogen-bond acceptors (Lipinski definition) is 5. The molecule has 23 heavy (non-hydrogen) atoms. The van der Waals surface area contributed by atoms with E-state index in [9.17, 15) is 8.42 Å². The minimum atomic E-state index is -3.29. The Bertz CT molecular complexity index is 768. The zero-order valence-electron chi connectivity index (χ0n) is 12.8. The van der Waals surface area contributed by atoms with Crippen LogP contribution in [0.5, 0.6) is 0 Å². The Hall–Kier alpha value is -1.80. The Morgan fingerprint density at radius 1 is 1.26 bits per heavy atom. The van der Waals surface area contributed by atoms with E-state index in [1.807, 2.05) is 30.3 Å². The molecule has 0 amide bonds. The van der Waals surface area contributed by atoms with Gasteiger partial charge in [-0.3, -0.25) is 0 Å². The van der Waals surface area contributed by atoms with Crippen LogP contribution in [0, 0.1) is 0 Å². The SMILES string of the molecule is CCS(=O)(=O)N1CCC(F)(c2nc(-c3ccccc3)no2)CC1. The van der Waals surface area contributed by atoms with Crippen molar-refractivity contribution in [1.29, 1.82) is 0 Å². The number of hydrogen-bond donors (Lipinski definition) is 0. The summed E-state index contributed by atoms with van der Waals surface area (Å²) in [5, 5.41) is 3.83. The predicted molar refractivity (Wildman–Crippen MR) is 82.8 cm³/mol. The molecule has 0 atom stereocenters. The number of aromatic nitrogens is 2. The third kappa shape index (κ3) is 3.13. The lowest BCUT2D eigenvalue weighted by atomic mass is 9.94. The molecule has 8 heteroatoms. The summed E-state index contributed by atoms with van der Waals surface area (Å²) < 4.78 is 45.2. The van der Waals surface area contributed by atoms with Crippen LogP contribution in [0.1, 0.15) is 25.7 Å². The standard InChI is InChI=1S/C15H18FN3O3S/c1-2-23(20,21)19-10-8-15(16,9-11-19)14-17-13(18-22-14)12-6-4-3-5-7-12/h3-7H,2,8-11H2,1H3. The van der Waals surface area contributed by atoms with Gasteiger partial charge in [-0.15, -0.1) is 0 Å². The normalized spacial score (nSPS) is 18.9. The summed E-state index contributed by atoms with van der Waals surface area (Å²) in [6, 6.07) is 9.17. The fourth-order valence-electron chi connectivity index (χ4n) is 2.63. The summed E-state index contributed by atoms with van der Waals surface area (Å²) in [6.07, 6.45) is 0.0330. The van der Waals surface area contributed by atoms with Crippen LogP contribution in [0.15, 0.2) is 34.9 Å². The van der Waals surface area contributed by atoms with Crippen LogP contribution in [0.4, 0.5) is 4.39 Å². The lowest BCUT2D eigenvalue weighted by Crippen LogP contribution is -2.44. The van der Waals surface area contributed by atoms with E-state index in [-0.39, 0.29) is 37.6 Å². The molecule has 2 heterocycles. The summed E-state index contributed by atoms with van der Waals surface area (Å²) in [5.41, 5.74) is -1.03. The number of piperidine rings is 1. The average Bonchev–Trinajstić information content (AvgIpc) is 3.07. The quantitative estimate of drug-likeness (QED) is 0.854. The van der Waals surface area contributed by atoms with E-state index in [4.69, 9.17) is 4.52 Å². The van der Waals surface area contributed by atoms with Crippen molar-refractivity contribution in [2.75, 3.05) is 18.8 Å². The Kier molecular flexibility index (Phi) is 4.20. The van der Waals surface area contributed by atoms with Gasteiger partial charge in [0, 0.05) is 31.5 Å². The second-order valence-electron chi connectivity index (χ2n) is 5.55. The van der Waals surface area contributed by atoms with Gasteiger partial charge < -0.3 is 4.52 Å². The molecular formula is C15H18FN3O3S. The fraction of sp³-hybridized carbons (Fsp3) is 0.467. The fourth-order valence-corrected chi connectivity index (χ4v) is 3.73. The van der Waals surface area contributed by atoms with Crippen molar-refractivity contribution in [2.24, 2.45) is 0 Å². The average molecular weight is 339 g/mol. The summed E-state index contributed by atoms with van der Waals surface area (Å²) >= 11 is 0. The maximum Gasteiger partial charge on any atom is 0.264 e. The topological polar surface area (TPSA) is 76.3 Å². The van der Waals surface area contributed by atoms with E-state index >= 15 is 4.39 Å². The second kappa shape index (κ2) is 6.01. The molecule has 1 saturated heterocycles. The molecule has 1 aliphatic heterocycles. The van der Waals surface area contributed by atoms with E-state index in [1.54, 1.807) is 6.92 Å². The first-order valence-corrected chi connectivity index (χ1v) is 9.12. The van der Waals surface area contributed by atoms with Gasteiger partial charge in [-0.2, -0.15) is 4.98 Å². The van der Waals surface area contributed by atoms with Crippen molar-refractivity contribution >= 4 is 10.0 Å². The molecule has 0 spiro atoms. The Balaban J connectivity index is 1.77. The molecular weight excluding hydrogens is 321 g/mol. The third-order valence-electron chi connectivity index (χ3n) is 4.11. The van der Waals surface area contributed by atoms with Crippen LogP contribution in [0.2, 0.25) is 0 Å². The maximum atomic E-state index is 15.1. The van der Waals surface area contributed by atoms with Gasteiger partial charge in [0.2, 0.25) is 15.8 Å². The van der Waals surface area contributed by atoms with Crippen molar-refractivity contribution in [3.63, 3.8) is 0 Å². The van der Waals surface area contributed by atoms with Gasteiger partial charge in [0.05, 0.1) is 5.75 Å².